The van der Waals surface area contributed by atoms with E-state index in [1.54, 1.807) is 6.08 Å². The molecule has 2 aromatic rings. The molecule has 0 spiro atoms. The van der Waals surface area contributed by atoms with Crippen molar-refractivity contribution >= 4 is 23.1 Å². The lowest BCUT2D eigenvalue weighted by Gasteiger charge is -2.28. The van der Waals surface area contributed by atoms with Gasteiger partial charge in [-0.3, -0.25) is 4.79 Å². The predicted molar refractivity (Wildman–Crippen MR) is 126 cm³/mol. The van der Waals surface area contributed by atoms with E-state index in [0.29, 0.717) is 24.3 Å². The van der Waals surface area contributed by atoms with E-state index < -0.39 is 0 Å². The Bertz CT molecular complexity index is 924. The van der Waals surface area contributed by atoms with Crippen molar-refractivity contribution in [2.75, 3.05) is 31.9 Å². The molecule has 0 radical (unpaired) electrons. The normalized spacial score (nSPS) is 14.5. The van der Waals surface area contributed by atoms with Crippen molar-refractivity contribution < 1.29 is 4.79 Å². The van der Waals surface area contributed by atoms with Gasteiger partial charge in [-0.05, 0) is 74.6 Å². The summed E-state index contributed by atoms with van der Waals surface area (Å²) in [6, 6.07) is 13.6. The summed E-state index contributed by atoms with van der Waals surface area (Å²) in [5.74, 6) is 0.915. The first kappa shape index (κ1) is 21.6. The van der Waals surface area contributed by atoms with Gasteiger partial charge in [0.1, 0.15) is 5.84 Å². The fraction of sp³-hybridized carbons (Fsp3) is 0.360. The molecule has 1 fully saturated rings. The number of amides is 1. The van der Waals surface area contributed by atoms with Crippen molar-refractivity contribution in [3.8, 4) is 11.1 Å². The molecule has 1 heterocycles. The molecule has 0 unspecified atom stereocenters. The third kappa shape index (κ3) is 4.90. The molecule has 1 aliphatic rings. The molecule has 0 aromatic heterocycles. The minimum absolute atomic E-state index is 0.0505. The topological polar surface area (TPSA) is 61.9 Å². The first-order valence-corrected chi connectivity index (χ1v) is 10.8. The zero-order valence-corrected chi connectivity index (χ0v) is 18.1. The Hall–Kier alpha value is -3.08. The van der Waals surface area contributed by atoms with E-state index in [4.69, 9.17) is 10.7 Å². The van der Waals surface area contributed by atoms with Crippen molar-refractivity contribution in [3.63, 3.8) is 0 Å². The van der Waals surface area contributed by atoms with E-state index in [1.807, 2.05) is 61.2 Å². The van der Waals surface area contributed by atoms with E-state index in [9.17, 15) is 4.79 Å². The number of hydrogen-bond acceptors (Lipinski definition) is 3. The van der Waals surface area contributed by atoms with Crippen LogP contribution < -0.4 is 5.73 Å². The van der Waals surface area contributed by atoms with Crippen LogP contribution in [-0.4, -0.2) is 47.7 Å². The largest absolute Gasteiger partial charge is 0.397 e. The second-order valence-electron chi connectivity index (χ2n) is 7.55. The lowest BCUT2D eigenvalue weighted by Crippen LogP contribution is -2.34. The number of nitrogens with two attached hydrogens (primary N) is 1. The minimum Gasteiger partial charge on any atom is -0.397 e. The fourth-order valence-electron chi connectivity index (χ4n) is 3.84. The number of anilines is 1. The van der Waals surface area contributed by atoms with Crippen LogP contribution in [0.25, 0.3) is 11.1 Å². The van der Waals surface area contributed by atoms with Gasteiger partial charge in [-0.1, -0.05) is 24.8 Å². The summed E-state index contributed by atoms with van der Waals surface area (Å²) in [5, 5.41) is 0. The van der Waals surface area contributed by atoms with E-state index in [1.165, 1.54) is 19.3 Å². The molecule has 158 valence electrons. The molecule has 30 heavy (non-hydrogen) atoms. The molecule has 2 N–H and O–H groups in total. The molecular formula is C25H32N4O. The van der Waals surface area contributed by atoms with Crippen LogP contribution in [0.3, 0.4) is 0 Å². The van der Waals surface area contributed by atoms with Crippen molar-refractivity contribution in [1.29, 1.82) is 0 Å². The highest BCUT2D eigenvalue weighted by Crippen LogP contribution is 2.30. The highest BCUT2D eigenvalue weighted by molar-refractivity contribution is 5.97. The Labute approximate surface area is 179 Å². The van der Waals surface area contributed by atoms with Gasteiger partial charge in [0.15, 0.2) is 0 Å². The molecule has 1 saturated heterocycles. The van der Waals surface area contributed by atoms with E-state index >= 15 is 0 Å². The third-order valence-electron chi connectivity index (χ3n) is 5.62. The summed E-state index contributed by atoms with van der Waals surface area (Å²) < 4.78 is 0. The Kier molecular flexibility index (Phi) is 7.28. The summed E-state index contributed by atoms with van der Waals surface area (Å²) in [6.07, 6.45) is 5.42. The van der Waals surface area contributed by atoms with E-state index in [2.05, 4.69) is 11.5 Å². The van der Waals surface area contributed by atoms with Gasteiger partial charge in [0, 0.05) is 31.7 Å². The Morgan fingerprint density at radius 3 is 2.47 bits per heavy atom. The monoisotopic (exact) mass is 404 g/mol. The van der Waals surface area contributed by atoms with Crippen LogP contribution in [0.15, 0.2) is 60.1 Å². The number of rotatable bonds is 6. The Balaban J connectivity index is 1.93. The lowest BCUT2D eigenvalue weighted by atomic mass is 10.0. The number of piperidine rings is 1. The standard InChI is InChI=1S/C25H32N4O/c1-4-24(29-15-8-7-9-16-29)27-23-18-20(13-14-22(23)26)19-11-10-12-21(17-19)25(30)28(5-2)6-3/h4,10-14,17-18H,1,5-9,15-16,26H2,2-3H3. The van der Waals surface area contributed by atoms with Gasteiger partial charge in [0.2, 0.25) is 0 Å². The van der Waals surface area contributed by atoms with Crippen LogP contribution in [-0.2, 0) is 0 Å². The molecular weight excluding hydrogens is 372 g/mol. The zero-order chi connectivity index (χ0) is 21.5. The van der Waals surface area contributed by atoms with Gasteiger partial charge < -0.3 is 15.5 Å². The number of carbonyl (C=O) groups excluding carboxylic acids is 1. The quantitative estimate of drug-likeness (QED) is 0.413. The Morgan fingerprint density at radius 1 is 1.10 bits per heavy atom. The lowest BCUT2D eigenvalue weighted by molar-refractivity contribution is 0.0773. The predicted octanol–water partition coefficient (Wildman–Crippen LogP) is 5.12. The number of amidine groups is 1. The maximum absolute atomic E-state index is 12.7. The number of hydrogen-bond donors (Lipinski definition) is 1. The number of likely N-dealkylation sites (tertiary alicyclic amines) is 1. The molecule has 5 nitrogen and oxygen atoms in total. The van der Waals surface area contributed by atoms with E-state index in [-0.39, 0.29) is 5.91 Å². The SMILES string of the molecule is C=CC(=Nc1cc(-c2cccc(C(=O)N(CC)CC)c2)ccc1N)N1CCCCC1. The molecule has 0 bridgehead atoms. The summed E-state index contributed by atoms with van der Waals surface area (Å²) in [4.78, 5) is 21.7. The average Bonchev–Trinajstić information content (AvgIpc) is 2.80. The molecule has 2 aromatic carbocycles. The molecule has 1 aliphatic heterocycles. The highest BCUT2D eigenvalue weighted by Gasteiger charge is 2.15. The van der Waals surface area contributed by atoms with Crippen LogP contribution in [0, 0.1) is 0 Å². The van der Waals surface area contributed by atoms with Crippen LogP contribution in [0.1, 0.15) is 43.5 Å². The number of benzene rings is 2. The maximum atomic E-state index is 12.7. The minimum atomic E-state index is 0.0505. The third-order valence-corrected chi connectivity index (χ3v) is 5.62. The van der Waals surface area contributed by atoms with Gasteiger partial charge in [-0.15, -0.1) is 0 Å². The Morgan fingerprint density at radius 2 is 1.80 bits per heavy atom. The maximum Gasteiger partial charge on any atom is 0.253 e. The molecule has 3 rings (SSSR count). The van der Waals surface area contributed by atoms with Gasteiger partial charge in [-0.25, -0.2) is 4.99 Å². The van der Waals surface area contributed by atoms with Gasteiger partial charge in [0.25, 0.3) is 5.91 Å². The van der Waals surface area contributed by atoms with Gasteiger partial charge in [-0.2, -0.15) is 0 Å². The molecule has 0 aliphatic carbocycles. The van der Waals surface area contributed by atoms with Gasteiger partial charge in [0.05, 0.1) is 11.4 Å². The second-order valence-corrected chi connectivity index (χ2v) is 7.55. The average molecular weight is 405 g/mol. The smallest absolute Gasteiger partial charge is 0.253 e. The van der Waals surface area contributed by atoms with Crippen LogP contribution >= 0.6 is 0 Å². The van der Waals surface area contributed by atoms with Crippen LogP contribution in [0.4, 0.5) is 11.4 Å². The number of nitrogens with zero attached hydrogens (tertiary/aromatic N) is 3. The zero-order valence-electron chi connectivity index (χ0n) is 18.1. The van der Waals surface area contributed by atoms with Crippen molar-refractivity contribution in [2.24, 2.45) is 4.99 Å². The fourth-order valence-corrected chi connectivity index (χ4v) is 3.84. The highest BCUT2D eigenvalue weighted by atomic mass is 16.2. The first-order valence-electron chi connectivity index (χ1n) is 10.8. The molecule has 0 saturated carbocycles. The summed E-state index contributed by atoms with van der Waals surface area (Å²) in [6.45, 7) is 11.3. The molecule has 5 heteroatoms. The molecule has 0 atom stereocenters. The second kappa shape index (κ2) is 10.1. The van der Waals surface area contributed by atoms with Crippen molar-refractivity contribution in [2.45, 2.75) is 33.1 Å². The summed E-state index contributed by atoms with van der Waals surface area (Å²) in [5.41, 5.74) is 10.2. The summed E-state index contributed by atoms with van der Waals surface area (Å²) >= 11 is 0. The van der Waals surface area contributed by atoms with Crippen molar-refractivity contribution in [1.82, 2.24) is 9.80 Å². The van der Waals surface area contributed by atoms with Gasteiger partial charge >= 0.3 is 0 Å². The first-order chi connectivity index (χ1) is 14.6. The van der Waals surface area contributed by atoms with Crippen LogP contribution in [0.2, 0.25) is 0 Å². The van der Waals surface area contributed by atoms with Crippen molar-refractivity contribution in [3.05, 3.63) is 60.7 Å². The molecule has 1 amide bonds. The number of aliphatic imine (C=N–C) groups is 1. The van der Waals surface area contributed by atoms with Crippen LogP contribution in [0.5, 0.6) is 0 Å². The number of carbonyl (C=O) groups is 1. The van der Waals surface area contributed by atoms with E-state index in [0.717, 1.165) is 35.7 Å². The number of nitrogen functional groups attached to an aromatic ring is 1. The summed E-state index contributed by atoms with van der Waals surface area (Å²) in [7, 11) is 0.